The van der Waals surface area contributed by atoms with Gasteiger partial charge >= 0.3 is 0 Å². The smallest absolute Gasteiger partial charge is 0.0940 e. The molecule has 0 radical (unpaired) electrons. The van der Waals surface area contributed by atoms with Crippen molar-refractivity contribution in [3.8, 4) is 0 Å². The van der Waals surface area contributed by atoms with Gasteiger partial charge in [-0.05, 0) is 37.6 Å². The molecule has 1 aromatic rings. The van der Waals surface area contributed by atoms with Crippen molar-refractivity contribution < 1.29 is 5.11 Å². The first-order valence-corrected chi connectivity index (χ1v) is 6.20. The lowest BCUT2D eigenvalue weighted by molar-refractivity contribution is 0.136. The maximum Gasteiger partial charge on any atom is 0.0940 e. The van der Waals surface area contributed by atoms with Gasteiger partial charge in [0.05, 0.1) is 6.10 Å². The summed E-state index contributed by atoms with van der Waals surface area (Å²) in [6.07, 6.45) is 1.82. The molecule has 90 valence electrons. The van der Waals surface area contributed by atoms with Gasteiger partial charge in [-0.15, -0.1) is 0 Å². The minimum atomic E-state index is -0.478. The van der Waals surface area contributed by atoms with Crippen LogP contribution in [-0.2, 0) is 0 Å². The predicted molar refractivity (Wildman–Crippen MR) is 68.8 cm³/mol. The van der Waals surface area contributed by atoms with Gasteiger partial charge < -0.3 is 10.4 Å². The second-order valence-electron chi connectivity index (χ2n) is 4.09. The van der Waals surface area contributed by atoms with Crippen LogP contribution in [0.3, 0.4) is 0 Å². The van der Waals surface area contributed by atoms with E-state index in [-0.39, 0.29) is 6.04 Å². The molecule has 0 aliphatic carbocycles. The zero-order valence-electron chi connectivity index (χ0n) is 9.91. The molecule has 0 saturated carbocycles. The number of benzene rings is 1. The molecule has 2 atom stereocenters. The summed E-state index contributed by atoms with van der Waals surface area (Å²) in [6.45, 7) is 5.10. The van der Waals surface area contributed by atoms with Crippen molar-refractivity contribution in [3.63, 3.8) is 0 Å². The van der Waals surface area contributed by atoms with Crippen LogP contribution in [0.5, 0.6) is 0 Å². The predicted octanol–water partition coefficient (Wildman–Crippen LogP) is 3.15. The van der Waals surface area contributed by atoms with Gasteiger partial charge in [-0.1, -0.05) is 37.1 Å². The Morgan fingerprint density at radius 3 is 2.50 bits per heavy atom. The zero-order valence-corrected chi connectivity index (χ0v) is 10.7. The summed E-state index contributed by atoms with van der Waals surface area (Å²) >= 11 is 5.80. The normalized spacial score (nSPS) is 14.8. The molecule has 0 bridgehead atoms. The van der Waals surface area contributed by atoms with Crippen LogP contribution in [0, 0.1) is 0 Å². The highest BCUT2D eigenvalue weighted by Gasteiger charge is 2.15. The average molecular weight is 242 g/mol. The quantitative estimate of drug-likeness (QED) is 0.750. The Morgan fingerprint density at radius 2 is 1.94 bits per heavy atom. The zero-order chi connectivity index (χ0) is 12.0. The van der Waals surface area contributed by atoms with E-state index in [0.29, 0.717) is 5.02 Å². The van der Waals surface area contributed by atoms with E-state index in [2.05, 4.69) is 12.2 Å². The van der Waals surface area contributed by atoms with E-state index in [1.165, 1.54) is 0 Å². The third-order valence-electron chi connectivity index (χ3n) is 2.68. The lowest BCUT2D eigenvalue weighted by Gasteiger charge is -2.20. The molecule has 1 rings (SSSR count). The van der Waals surface area contributed by atoms with Gasteiger partial charge in [-0.25, -0.2) is 0 Å². The Bertz CT molecular complexity index is 299. The van der Waals surface area contributed by atoms with E-state index in [0.717, 1.165) is 24.9 Å². The first kappa shape index (κ1) is 13.5. The Labute approximate surface area is 103 Å². The topological polar surface area (TPSA) is 32.3 Å². The van der Waals surface area contributed by atoms with Crippen molar-refractivity contribution in [2.24, 2.45) is 0 Å². The third kappa shape index (κ3) is 4.12. The number of hydrogen-bond donors (Lipinski definition) is 2. The van der Waals surface area contributed by atoms with Crippen LogP contribution in [-0.4, -0.2) is 17.7 Å². The van der Waals surface area contributed by atoms with Crippen LogP contribution in [0.25, 0.3) is 0 Å². The number of nitrogens with one attached hydrogen (secondary N) is 1. The Kier molecular flexibility index (Phi) is 5.81. The molecule has 0 fully saturated rings. The molecule has 2 unspecified atom stereocenters. The molecule has 3 heteroatoms. The molecule has 2 N–H and O–H groups in total. The minimum absolute atomic E-state index is 0.0627. The standard InChI is InChI=1S/C13H20ClNO/c1-3-4-9-15-10(2)13(16)11-5-7-12(14)8-6-11/h5-8,10,13,15-16H,3-4,9H2,1-2H3. The average Bonchev–Trinajstić information content (AvgIpc) is 2.29. The molecule has 16 heavy (non-hydrogen) atoms. The maximum absolute atomic E-state index is 10.1. The molecule has 0 aliphatic rings. The van der Waals surface area contributed by atoms with Crippen molar-refractivity contribution >= 4 is 11.6 Å². The Morgan fingerprint density at radius 1 is 1.31 bits per heavy atom. The number of rotatable bonds is 6. The van der Waals surface area contributed by atoms with Gasteiger partial charge in [0.15, 0.2) is 0 Å². The fraction of sp³-hybridized carbons (Fsp3) is 0.538. The summed E-state index contributed by atoms with van der Waals surface area (Å²) in [5.41, 5.74) is 0.904. The summed E-state index contributed by atoms with van der Waals surface area (Å²) in [4.78, 5) is 0. The van der Waals surface area contributed by atoms with Gasteiger partial charge in [0.1, 0.15) is 0 Å². The number of aliphatic hydroxyl groups excluding tert-OH is 1. The molecule has 1 aromatic carbocycles. The number of unbranched alkanes of at least 4 members (excludes halogenated alkanes) is 1. The highest BCUT2D eigenvalue weighted by molar-refractivity contribution is 6.30. The highest BCUT2D eigenvalue weighted by atomic mass is 35.5. The van der Waals surface area contributed by atoms with Gasteiger partial charge in [0.2, 0.25) is 0 Å². The SMILES string of the molecule is CCCCNC(C)C(O)c1ccc(Cl)cc1. The number of aliphatic hydroxyl groups is 1. The van der Waals surface area contributed by atoms with Gasteiger partial charge in [0.25, 0.3) is 0 Å². The summed E-state index contributed by atoms with van der Waals surface area (Å²) < 4.78 is 0. The largest absolute Gasteiger partial charge is 0.387 e. The van der Waals surface area contributed by atoms with Crippen molar-refractivity contribution in [1.82, 2.24) is 5.32 Å². The van der Waals surface area contributed by atoms with E-state index in [9.17, 15) is 5.11 Å². The van der Waals surface area contributed by atoms with Gasteiger partial charge in [0, 0.05) is 11.1 Å². The molecular weight excluding hydrogens is 222 g/mol. The number of halogens is 1. The van der Waals surface area contributed by atoms with Crippen molar-refractivity contribution in [3.05, 3.63) is 34.9 Å². The van der Waals surface area contributed by atoms with Crippen molar-refractivity contribution in [1.29, 1.82) is 0 Å². The van der Waals surface area contributed by atoms with Crippen LogP contribution in [0.15, 0.2) is 24.3 Å². The molecule has 0 saturated heterocycles. The maximum atomic E-state index is 10.1. The van der Waals surface area contributed by atoms with Crippen molar-refractivity contribution in [2.45, 2.75) is 38.8 Å². The third-order valence-corrected chi connectivity index (χ3v) is 2.93. The van der Waals surface area contributed by atoms with Crippen LogP contribution in [0.1, 0.15) is 38.4 Å². The highest BCUT2D eigenvalue weighted by Crippen LogP contribution is 2.19. The first-order valence-electron chi connectivity index (χ1n) is 5.82. The second kappa shape index (κ2) is 6.89. The van der Waals surface area contributed by atoms with Crippen LogP contribution < -0.4 is 5.32 Å². The van der Waals surface area contributed by atoms with E-state index >= 15 is 0 Å². The summed E-state index contributed by atoms with van der Waals surface area (Å²) in [5, 5.41) is 14.1. The molecule has 0 aliphatic heterocycles. The van der Waals surface area contributed by atoms with E-state index in [1.807, 2.05) is 19.1 Å². The van der Waals surface area contributed by atoms with E-state index < -0.39 is 6.10 Å². The minimum Gasteiger partial charge on any atom is -0.387 e. The number of hydrogen-bond acceptors (Lipinski definition) is 2. The van der Waals surface area contributed by atoms with Crippen LogP contribution >= 0.6 is 11.6 Å². The monoisotopic (exact) mass is 241 g/mol. The molecular formula is C13H20ClNO. The molecule has 0 aromatic heterocycles. The fourth-order valence-electron chi connectivity index (χ4n) is 1.57. The Hall–Kier alpha value is -0.570. The van der Waals surface area contributed by atoms with Crippen LogP contribution in [0.4, 0.5) is 0 Å². The van der Waals surface area contributed by atoms with Crippen LogP contribution in [0.2, 0.25) is 5.02 Å². The molecule has 2 nitrogen and oxygen atoms in total. The molecule has 0 heterocycles. The fourth-order valence-corrected chi connectivity index (χ4v) is 1.69. The van der Waals surface area contributed by atoms with Crippen molar-refractivity contribution in [2.75, 3.05) is 6.54 Å². The van der Waals surface area contributed by atoms with Gasteiger partial charge in [-0.3, -0.25) is 0 Å². The van der Waals surface area contributed by atoms with E-state index in [4.69, 9.17) is 11.6 Å². The Balaban J connectivity index is 2.49. The van der Waals surface area contributed by atoms with Gasteiger partial charge in [-0.2, -0.15) is 0 Å². The molecule has 0 spiro atoms. The summed E-state index contributed by atoms with van der Waals surface area (Å²) in [6, 6.07) is 7.40. The van der Waals surface area contributed by atoms with E-state index in [1.54, 1.807) is 12.1 Å². The summed E-state index contributed by atoms with van der Waals surface area (Å²) in [7, 11) is 0. The summed E-state index contributed by atoms with van der Waals surface area (Å²) in [5.74, 6) is 0. The lowest BCUT2D eigenvalue weighted by atomic mass is 10.0. The molecule has 0 amide bonds. The lowest BCUT2D eigenvalue weighted by Crippen LogP contribution is -2.32. The second-order valence-corrected chi connectivity index (χ2v) is 4.53. The first-order chi connectivity index (χ1) is 7.65.